The highest BCUT2D eigenvalue weighted by Crippen LogP contribution is 2.53. The lowest BCUT2D eigenvalue weighted by Crippen LogP contribution is -2.52. The van der Waals surface area contributed by atoms with Crippen LogP contribution in [0.3, 0.4) is 0 Å². The van der Waals surface area contributed by atoms with Crippen LogP contribution in [0.1, 0.15) is 101 Å². The molecule has 2 aromatic heterocycles. The number of methoxy groups -OCH3 is 2. The van der Waals surface area contributed by atoms with Crippen LogP contribution in [0.25, 0.3) is 33.6 Å². The van der Waals surface area contributed by atoms with Crippen LogP contribution in [0.4, 0.5) is 9.59 Å². The van der Waals surface area contributed by atoms with E-state index in [0.717, 1.165) is 44.8 Å². The van der Waals surface area contributed by atoms with E-state index < -0.39 is 46.2 Å². The summed E-state index contributed by atoms with van der Waals surface area (Å²) in [6.07, 6.45) is 3.13. The molecule has 6 atom stereocenters. The Kier molecular flexibility index (Phi) is 12.1. The van der Waals surface area contributed by atoms with Crippen LogP contribution >= 0.6 is 0 Å². The van der Waals surface area contributed by atoms with Gasteiger partial charge < -0.3 is 40.7 Å². The van der Waals surface area contributed by atoms with Gasteiger partial charge in [-0.15, -0.1) is 0 Å². The molecule has 0 bridgehead atoms. The Labute approximate surface area is 385 Å². The fourth-order valence-electron chi connectivity index (χ4n) is 8.91. The van der Waals surface area contributed by atoms with Crippen LogP contribution in [0.15, 0.2) is 122 Å². The molecule has 0 aliphatic heterocycles. The second-order valence-corrected chi connectivity index (χ2v) is 19.6. The number of hydrogen-bond acceptors (Lipinski definition) is 8. The number of imidazole rings is 2. The number of aromatic nitrogens is 4. The molecular formula is C52H58N8O6. The number of H-pyrrole nitrogens is 2. The Morgan fingerprint density at radius 1 is 0.545 bits per heavy atom. The Hall–Kier alpha value is -7.22. The molecule has 0 spiro atoms. The maximum Gasteiger partial charge on any atom is 0.407 e. The molecule has 2 fully saturated rings. The van der Waals surface area contributed by atoms with Crippen molar-refractivity contribution in [1.29, 1.82) is 0 Å². The van der Waals surface area contributed by atoms with Gasteiger partial charge in [0.25, 0.3) is 0 Å². The third-order valence-electron chi connectivity index (χ3n) is 12.9. The zero-order valence-electron chi connectivity index (χ0n) is 38.6. The van der Waals surface area contributed by atoms with E-state index >= 15 is 0 Å². The van der Waals surface area contributed by atoms with Gasteiger partial charge in [-0.2, -0.15) is 0 Å². The minimum Gasteiger partial charge on any atom is -0.453 e. The van der Waals surface area contributed by atoms with Crippen LogP contribution in [-0.4, -0.2) is 69.2 Å². The molecule has 0 saturated heterocycles. The third kappa shape index (κ3) is 9.17. The largest absolute Gasteiger partial charge is 0.453 e. The van der Waals surface area contributed by atoms with Gasteiger partial charge in [0.1, 0.15) is 22.7 Å². The molecule has 342 valence electrons. The monoisotopic (exact) mass is 890 g/mol. The molecule has 6 N–H and O–H groups in total. The van der Waals surface area contributed by atoms with Crippen LogP contribution < -0.4 is 21.3 Å². The van der Waals surface area contributed by atoms with Gasteiger partial charge in [-0.25, -0.2) is 19.6 Å². The number of hydrogen-bond donors (Lipinski definition) is 6. The molecule has 2 saturated carbocycles. The Balaban J connectivity index is 0.946. The summed E-state index contributed by atoms with van der Waals surface area (Å²) in [5.41, 5.74) is 4.30. The quantitative estimate of drug-likeness (QED) is 0.0661. The fourth-order valence-corrected chi connectivity index (χ4v) is 8.91. The summed E-state index contributed by atoms with van der Waals surface area (Å²) >= 11 is 0. The van der Waals surface area contributed by atoms with E-state index in [2.05, 4.69) is 55.5 Å². The van der Waals surface area contributed by atoms with Gasteiger partial charge in [-0.05, 0) is 57.1 Å². The standard InChI is InChI=1S/C52H58N8O6/c1-49(2,3)41(57-45(61)51(59-47(63)65-7)27-37(51)33-15-11-9-12-16-33)43-53-29-39(55-43)35-23-19-31(20-24-35)32-21-25-36(26-22-32)40-30-54-44(56-40)42(50(4,5)6)58-46(62)52(60-48(64)66-8)28-38(52)34-17-13-10-14-18-34/h9-26,29-30,37-38,41-42H,27-28H2,1-8H3,(H,53,55)(H,54,56)(H,57,61)(H,58,62)(H,59,63)(H,60,64)/t37-,38-,41-,42-,51-,52-/m1/s1. The summed E-state index contributed by atoms with van der Waals surface area (Å²) < 4.78 is 9.83. The minimum atomic E-state index is -1.14. The number of carbonyl (C=O) groups is 4. The average molecular weight is 891 g/mol. The lowest BCUT2D eigenvalue weighted by atomic mass is 9.85. The van der Waals surface area contributed by atoms with Gasteiger partial charge >= 0.3 is 12.2 Å². The van der Waals surface area contributed by atoms with E-state index in [1.165, 1.54) is 14.2 Å². The molecule has 0 unspecified atom stereocenters. The lowest BCUT2D eigenvalue weighted by Gasteiger charge is -2.32. The molecule has 4 amide bonds. The van der Waals surface area contributed by atoms with Crippen molar-refractivity contribution in [3.63, 3.8) is 0 Å². The molecule has 2 heterocycles. The molecule has 2 aliphatic rings. The minimum absolute atomic E-state index is 0.194. The maximum absolute atomic E-state index is 14.1. The van der Waals surface area contributed by atoms with Crippen molar-refractivity contribution < 1.29 is 28.7 Å². The van der Waals surface area contributed by atoms with Gasteiger partial charge in [0.15, 0.2) is 0 Å². The van der Waals surface area contributed by atoms with E-state index in [-0.39, 0.29) is 23.7 Å². The molecule has 14 heteroatoms. The molecular weight excluding hydrogens is 833 g/mol. The normalized spacial score (nSPS) is 20.8. The summed E-state index contributed by atoms with van der Waals surface area (Å²) in [6.45, 7) is 12.2. The van der Waals surface area contributed by atoms with Gasteiger partial charge in [0.05, 0.1) is 50.1 Å². The number of carbonyl (C=O) groups excluding carboxylic acids is 4. The van der Waals surface area contributed by atoms with Crippen molar-refractivity contribution >= 4 is 24.0 Å². The zero-order valence-corrected chi connectivity index (χ0v) is 38.6. The topological polar surface area (TPSA) is 192 Å². The summed E-state index contributed by atoms with van der Waals surface area (Å²) in [5.74, 6) is 0.230. The zero-order chi connectivity index (χ0) is 47.0. The van der Waals surface area contributed by atoms with Gasteiger partial charge in [-0.1, -0.05) is 151 Å². The molecule has 2 aliphatic carbocycles. The molecule has 66 heavy (non-hydrogen) atoms. The van der Waals surface area contributed by atoms with E-state index in [9.17, 15) is 19.2 Å². The lowest BCUT2D eigenvalue weighted by molar-refractivity contribution is -0.126. The smallest absolute Gasteiger partial charge is 0.407 e. The SMILES string of the molecule is COC(=O)N[C@]1(C(=O)N[C@H](c2ncc(-c3ccc(-c4ccc(-c5cnc([C@@H](NC(=O)[C@@]6(NC(=O)OC)C[C@@H]6c6ccccc6)C(C)(C)C)[nH]5)cc4)cc3)[nH]2)C(C)(C)C)C[C@@H]1c1ccccc1. The first-order valence-electron chi connectivity index (χ1n) is 22.2. The number of nitrogens with one attached hydrogen (secondary N) is 6. The third-order valence-corrected chi connectivity index (χ3v) is 12.9. The second kappa shape index (κ2) is 17.6. The van der Waals surface area contributed by atoms with Crippen molar-refractivity contribution in [2.45, 2.75) is 89.4 Å². The number of amides is 4. The van der Waals surface area contributed by atoms with Crippen LogP contribution in [0, 0.1) is 10.8 Å². The highest BCUT2D eigenvalue weighted by Gasteiger charge is 2.63. The first-order valence-corrected chi connectivity index (χ1v) is 22.2. The number of rotatable bonds is 13. The fraction of sp³-hybridized carbons (Fsp3) is 0.346. The summed E-state index contributed by atoms with van der Waals surface area (Å²) in [6, 6.07) is 34.8. The molecule has 4 aromatic carbocycles. The number of aromatic amines is 2. The molecule has 6 aromatic rings. The highest BCUT2D eigenvalue weighted by molar-refractivity contribution is 5.96. The first-order chi connectivity index (χ1) is 31.5. The van der Waals surface area contributed by atoms with Crippen molar-refractivity contribution in [3.05, 3.63) is 144 Å². The van der Waals surface area contributed by atoms with Crippen LogP contribution in [0.2, 0.25) is 0 Å². The number of nitrogens with zero attached hydrogens (tertiary/aromatic N) is 2. The average Bonchev–Trinajstić information content (AvgIpc) is 4.06. The number of benzene rings is 4. The summed E-state index contributed by atoms with van der Waals surface area (Å²) in [4.78, 5) is 69.5. The Morgan fingerprint density at radius 3 is 1.20 bits per heavy atom. The first kappa shape index (κ1) is 45.4. The van der Waals surface area contributed by atoms with E-state index in [1.54, 1.807) is 12.4 Å². The number of alkyl carbamates (subject to hydrolysis) is 2. The van der Waals surface area contributed by atoms with Crippen molar-refractivity contribution in [3.8, 4) is 33.6 Å². The van der Waals surface area contributed by atoms with Gasteiger partial charge in [0.2, 0.25) is 11.8 Å². The summed E-state index contributed by atoms with van der Waals surface area (Å²) in [7, 11) is 2.58. The van der Waals surface area contributed by atoms with Crippen LogP contribution in [0.5, 0.6) is 0 Å². The highest BCUT2D eigenvalue weighted by atomic mass is 16.5. The van der Waals surface area contributed by atoms with Gasteiger partial charge in [-0.3, -0.25) is 9.59 Å². The van der Waals surface area contributed by atoms with Crippen molar-refractivity contribution in [2.75, 3.05) is 14.2 Å². The molecule has 14 nitrogen and oxygen atoms in total. The Bertz CT molecular complexity index is 2520. The maximum atomic E-state index is 14.1. The Morgan fingerprint density at radius 2 is 0.879 bits per heavy atom. The van der Waals surface area contributed by atoms with Crippen LogP contribution in [-0.2, 0) is 19.1 Å². The molecule has 0 radical (unpaired) electrons. The van der Waals surface area contributed by atoms with Crippen molar-refractivity contribution in [2.24, 2.45) is 10.8 Å². The van der Waals surface area contributed by atoms with E-state index in [0.29, 0.717) is 24.5 Å². The van der Waals surface area contributed by atoms with Crippen molar-refractivity contribution in [1.82, 2.24) is 41.2 Å². The predicted octanol–water partition coefficient (Wildman–Crippen LogP) is 9.11. The van der Waals surface area contributed by atoms with E-state index in [1.807, 2.05) is 126 Å². The summed E-state index contributed by atoms with van der Waals surface area (Å²) in [5, 5.41) is 12.1. The number of ether oxygens (including phenoxy) is 2. The second-order valence-electron chi connectivity index (χ2n) is 19.6. The van der Waals surface area contributed by atoms with Gasteiger partial charge in [0, 0.05) is 11.8 Å². The van der Waals surface area contributed by atoms with E-state index in [4.69, 9.17) is 19.4 Å². The predicted molar refractivity (Wildman–Crippen MR) is 252 cm³/mol. The molecule has 8 rings (SSSR count).